The van der Waals surface area contributed by atoms with Crippen LogP contribution >= 0.6 is 0 Å². The number of carbonyl (C=O) groups is 1. The van der Waals surface area contributed by atoms with Crippen LogP contribution in [0.3, 0.4) is 0 Å². The number of fused-ring (bicyclic) bond motifs is 1. The Morgan fingerprint density at radius 3 is 2.81 bits per heavy atom. The van der Waals surface area contributed by atoms with Crippen LogP contribution in [0.5, 0.6) is 0 Å². The molecule has 1 aliphatic rings. The maximum Gasteiger partial charge on any atom is 0.246 e. The van der Waals surface area contributed by atoms with Crippen molar-refractivity contribution in [3.05, 3.63) is 83.7 Å². The fourth-order valence-corrected chi connectivity index (χ4v) is 3.76. The summed E-state index contributed by atoms with van der Waals surface area (Å²) >= 11 is 0. The van der Waals surface area contributed by atoms with Gasteiger partial charge < -0.3 is 15.5 Å². The van der Waals surface area contributed by atoms with E-state index in [1.54, 1.807) is 23.1 Å². The molecular weight excluding hydrogens is 388 g/mol. The fourth-order valence-electron chi connectivity index (χ4n) is 3.76. The minimum atomic E-state index is -0.107. The van der Waals surface area contributed by atoms with E-state index in [4.69, 9.17) is 4.99 Å². The maximum atomic E-state index is 12.2. The van der Waals surface area contributed by atoms with Gasteiger partial charge in [-0.2, -0.15) is 5.10 Å². The Labute approximate surface area is 182 Å². The zero-order chi connectivity index (χ0) is 21.5. The molecule has 4 rings (SSSR count). The van der Waals surface area contributed by atoms with Gasteiger partial charge in [0.15, 0.2) is 5.96 Å². The summed E-state index contributed by atoms with van der Waals surface area (Å²) < 4.78 is 1.60. The number of benzene rings is 2. The van der Waals surface area contributed by atoms with Crippen LogP contribution in [0.15, 0.2) is 72.0 Å². The third-order valence-corrected chi connectivity index (χ3v) is 5.25. The van der Waals surface area contributed by atoms with Gasteiger partial charge in [0.05, 0.1) is 6.54 Å². The van der Waals surface area contributed by atoms with E-state index in [0.29, 0.717) is 6.54 Å². The molecule has 0 atom stereocenters. The van der Waals surface area contributed by atoms with E-state index >= 15 is 0 Å². The standard InChI is InChI=1S/C24H28N6O/c1-2-25-24(29-14-11-20-8-3-4-9-21(20)17-29)26-16-19-7-5-10-22(15-19)28-23(31)18-30-13-6-12-27-30/h3-10,12-13,15H,2,11,14,16-18H2,1H3,(H,25,26)(H,28,31). The number of aromatic nitrogens is 2. The van der Waals surface area contributed by atoms with Crippen LogP contribution in [-0.4, -0.2) is 39.6 Å². The third-order valence-electron chi connectivity index (χ3n) is 5.25. The largest absolute Gasteiger partial charge is 0.356 e. The lowest BCUT2D eigenvalue weighted by molar-refractivity contribution is -0.116. The molecule has 160 valence electrons. The van der Waals surface area contributed by atoms with Crippen molar-refractivity contribution in [3.8, 4) is 0 Å². The summed E-state index contributed by atoms with van der Waals surface area (Å²) in [7, 11) is 0. The van der Waals surface area contributed by atoms with Crippen molar-refractivity contribution in [1.29, 1.82) is 0 Å². The minimum Gasteiger partial charge on any atom is -0.356 e. The Balaban J connectivity index is 1.41. The zero-order valence-electron chi connectivity index (χ0n) is 17.8. The van der Waals surface area contributed by atoms with E-state index in [-0.39, 0.29) is 12.5 Å². The van der Waals surface area contributed by atoms with E-state index in [2.05, 4.69) is 51.8 Å². The molecule has 0 saturated carbocycles. The highest BCUT2D eigenvalue weighted by Gasteiger charge is 2.18. The van der Waals surface area contributed by atoms with Crippen LogP contribution in [0.1, 0.15) is 23.6 Å². The number of carbonyl (C=O) groups excluding carboxylic acids is 1. The summed E-state index contributed by atoms with van der Waals surface area (Å²) in [4.78, 5) is 19.4. The van der Waals surface area contributed by atoms with E-state index in [1.165, 1.54) is 11.1 Å². The quantitative estimate of drug-likeness (QED) is 0.478. The minimum absolute atomic E-state index is 0.107. The number of nitrogens with zero attached hydrogens (tertiary/aromatic N) is 4. The number of hydrogen-bond donors (Lipinski definition) is 2. The van der Waals surface area contributed by atoms with Crippen LogP contribution in [-0.2, 0) is 30.8 Å². The van der Waals surface area contributed by atoms with Gasteiger partial charge in [-0.3, -0.25) is 9.48 Å². The summed E-state index contributed by atoms with van der Waals surface area (Å²) in [5, 5.41) is 10.4. The predicted octanol–water partition coefficient (Wildman–Crippen LogP) is 3.05. The molecule has 7 heteroatoms. The van der Waals surface area contributed by atoms with Crippen molar-refractivity contribution in [1.82, 2.24) is 20.0 Å². The summed E-state index contributed by atoms with van der Waals surface area (Å²) in [6, 6.07) is 18.2. The molecule has 0 unspecified atom stereocenters. The van der Waals surface area contributed by atoms with Crippen molar-refractivity contribution in [2.75, 3.05) is 18.4 Å². The second-order valence-corrected chi connectivity index (χ2v) is 7.56. The van der Waals surface area contributed by atoms with Crippen molar-refractivity contribution < 1.29 is 4.79 Å². The van der Waals surface area contributed by atoms with Gasteiger partial charge in [-0.05, 0) is 48.2 Å². The molecule has 2 aromatic carbocycles. The topological polar surface area (TPSA) is 74.5 Å². The van der Waals surface area contributed by atoms with Crippen molar-refractivity contribution >= 4 is 17.6 Å². The molecule has 0 radical (unpaired) electrons. The van der Waals surface area contributed by atoms with Crippen molar-refractivity contribution in [2.24, 2.45) is 4.99 Å². The zero-order valence-corrected chi connectivity index (χ0v) is 17.8. The summed E-state index contributed by atoms with van der Waals surface area (Å²) in [6.45, 7) is 5.46. The van der Waals surface area contributed by atoms with Crippen LogP contribution in [0.2, 0.25) is 0 Å². The first kappa shape index (κ1) is 20.7. The molecule has 1 aliphatic heterocycles. The highest BCUT2D eigenvalue weighted by Crippen LogP contribution is 2.19. The lowest BCUT2D eigenvalue weighted by Gasteiger charge is -2.31. The van der Waals surface area contributed by atoms with Gasteiger partial charge in [0.1, 0.15) is 6.54 Å². The maximum absolute atomic E-state index is 12.2. The number of hydrogen-bond acceptors (Lipinski definition) is 3. The average molecular weight is 417 g/mol. The van der Waals surface area contributed by atoms with Gasteiger partial charge in [-0.25, -0.2) is 4.99 Å². The molecule has 2 N–H and O–H groups in total. The van der Waals surface area contributed by atoms with E-state index in [0.717, 1.165) is 43.3 Å². The van der Waals surface area contributed by atoms with E-state index < -0.39 is 0 Å². The lowest BCUT2D eigenvalue weighted by Crippen LogP contribution is -2.44. The van der Waals surface area contributed by atoms with Gasteiger partial charge in [-0.15, -0.1) is 0 Å². The number of aliphatic imine (C=N–C) groups is 1. The van der Waals surface area contributed by atoms with Gasteiger partial charge in [0.2, 0.25) is 5.91 Å². The molecular formula is C24H28N6O. The second-order valence-electron chi connectivity index (χ2n) is 7.56. The van der Waals surface area contributed by atoms with Crippen LogP contribution in [0.25, 0.3) is 0 Å². The van der Waals surface area contributed by atoms with Gasteiger partial charge in [0, 0.05) is 37.7 Å². The van der Waals surface area contributed by atoms with E-state index in [9.17, 15) is 4.79 Å². The van der Waals surface area contributed by atoms with Crippen LogP contribution in [0, 0.1) is 0 Å². The first-order valence-corrected chi connectivity index (χ1v) is 10.7. The Bertz CT molecular complexity index is 1040. The second kappa shape index (κ2) is 9.93. The first-order valence-electron chi connectivity index (χ1n) is 10.7. The van der Waals surface area contributed by atoms with Gasteiger partial charge >= 0.3 is 0 Å². The molecule has 1 amide bonds. The molecule has 1 aromatic heterocycles. The van der Waals surface area contributed by atoms with Gasteiger partial charge in [0.25, 0.3) is 0 Å². The Hall–Kier alpha value is -3.61. The molecule has 0 fully saturated rings. The lowest BCUT2D eigenvalue weighted by atomic mass is 10.0. The van der Waals surface area contributed by atoms with Gasteiger partial charge in [-0.1, -0.05) is 36.4 Å². The van der Waals surface area contributed by atoms with E-state index in [1.807, 2.05) is 24.3 Å². The molecule has 2 heterocycles. The van der Waals surface area contributed by atoms with Crippen LogP contribution in [0.4, 0.5) is 5.69 Å². The first-order chi connectivity index (χ1) is 15.2. The molecule has 0 spiro atoms. The predicted molar refractivity (Wildman–Crippen MR) is 123 cm³/mol. The summed E-state index contributed by atoms with van der Waals surface area (Å²) in [5.74, 6) is 0.815. The smallest absolute Gasteiger partial charge is 0.246 e. The number of amides is 1. The number of rotatable bonds is 6. The molecule has 31 heavy (non-hydrogen) atoms. The average Bonchev–Trinajstić information content (AvgIpc) is 3.29. The molecule has 0 bridgehead atoms. The number of guanidine groups is 1. The number of anilines is 1. The highest BCUT2D eigenvalue weighted by atomic mass is 16.2. The van der Waals surface area contributed by atoms with Crippen LogP contribution < -0.4 is 10.6 Å². The summed E-state index contributed by atoms with van der Waals surface area (Å²) in [5.41, 5.74) is 4.60. The molecule has 3 aromatic rings. The van der Waals surface area contributed by atoms with Crippen molar-refractivity contribution in [3.63, 3.8) is 0 Å². The highest BCUT2D eigenvalue weighted by molar-refractivity contribution is 5.90. The Morgan fingerprint density at radius 2 is 2.00 bits per heavy atom. The molecule has 0 saturated heterocycles. The normalized spacial score (nSPS) is 13.6. The monoisotopic (exact) mass is 416 g/mol. The number of nitrogens with one attached hydrogen (secondary N) is 2. The molecule has 7 nitrogen and oxygen atoms in total. The SMILES string of the molecule is CCNC(=NCc1cccc(NC(=O)Cn2cccn2)c1)N1CCc2ccccc2C1. The fraction of sp³-hybridized carbons (Fsp3) is 0.292. The van der Waals surface area contributed by atoms with Crippen molar-refractivity contribution in [2.45, 2.75) is 33.0 Å². The third kappa shape index (κ3) is 5.51. The Morgan fingerprint density at radius 1 is 1.13 bits per heavy atom. The Kier molecular flexibility index (Phi) is 6.62. The summed E-state index contributed by atoms with van der Waals surface area (Å²) in [6.07, 6.45) is 4.46. The molecule has 0 aliphatic carbocycles.